The van der Waals surface area contributed by atoms with Gasteiger partial charge in [-0.05, 0) is 35.0 Å². The van der Waals surface area contributed by atoms with Crippen LogP contribution in [0.1, 0.15) is 12.1 Å². The number of halogens is 2. The standard InChI is InChI=1S/C11H12BrFN2O3S/c1-7-2-3-9(11(12)14-7)15-5-8(4-10(15)16)6-19(13,17)18/h2-3,8H,4-6H2,1H3. The fourth-order valence-corrected chi connectivity index (χ4v) is 3.54. The third kappa shape index (κ3) is 3.50. The summed E-state index contributed by atoms with van der Waals surface area (Å²) < 4.78 is 34.4. The first-order valence-electron chi connectivity index (χ1n) is 5.62. The van der Waals surface area contributed by atoms with Crippen LogP contribution >= 0.6 is 15.9 Å². The molecule has 0 aliphatic carbocycles. The second kappa shape index (κ2) is 5.16. The molecule has 1 atom stereocenters. The van der Waals surface area contributed by atoms with Crippen molar-refractivity contribution in [1.82, 2.24) is 4.98 Å². The van der Waals surface area contributed by atoms with Gasteiger partial charge in [0.2, 0.25) is 5.91 Å². The average molecular weight is 351 g/mol. The molecule has 1 saturated heterocycles. The van der Waals surface area contributed by atoms with Crippen LogP contribution in [0.2, 0.25) is 0 Å². The number of aromatic nitrogens is 1. The van der Waals surface area contributed by atoms with Crippen molar-refractivity contribution in [2.24, 2.45) is 5.92 Å². The molecule has 1 unspecified atom stereocenters. The Balaban J connectivity index is 2.20. The Bertz CT molecular complexity index is 620. The minimum atomic E-state index is -4.56. The predicted octanol–water partition coefficient (Wildman–Crippen LogP) is 1.80. The van der Waals surface area contributed by atoms with Crippen LogP contribution < -0.4 is 4.90 Å². The van der Waals surface area contributed by atoms with Gasteiger partial charge in [-0.25, -0.2) is 4.98 Å². The average Bonchev–Trinajstić information content (AvgIpc) is 2.56. The van der Waals surface area contributed by atoms with E-state index in [2.05, 4.69) is 20.9 Å². The number of nitrogens with zero attached hydrogens (tertiary/aromatic N) is 2. The summed E-state index contributed by atoms with van der Waals surface area (Å²) in [6, 6.07) is 3.49. The summed E-state index contributed by atoms with van der Waals surface area (Å²) in [5, 5.41) is 0. The number of hydrogen-bond acceptors (Lipinski definition) is 4. The van der Waals surface area contributed by atoms with Gasteiger partial charge in [-0.3, -0.25) is 4.79 Å². The van der Waals surface area contributed by atoms with Crippen LogP contribution in [-0.2, 0) is 15.0 Å². The minimum Gasteiger partial charge on any atom is -0.310 e. The van der Waals surface area contributed by atoms with Crippen molar-refractivity contribution in [1.29, 1.82) is 0 Å². The Hall–Kier alpha value is -1.02. The lowest BCUT2D eigenvalue weighted by molar-refractivity contribution is -0.117. The van der Waals surface area contributed by atoms with E-state index in [0.717, 1.165) is 5.69 Å². The van der Waals surface area contributed by atoms with Gasteiger partial charge in [-0.15, -0.1) is 3.89 Å². The van der Waals surface area contributed by atoms with E-state index in [-0.39, 0.29) is 18.9 Å². The van der Waals surface area contributed by atoms with Gasteiger partial charge in [0, 0.05) is 24.6 Å². The van der Waals surface area contributed by atoms with Crippen LogP contribution in [-0.4, -0.2) is 31.6 Å². The molecule has 2 rings (SSSR count). The van der Waals surface area contributed by atoms with E-state index >= 15 is 0 Å². The summed E-state index contributed by atoms with van der Waals surface area (Å²) >= 11 is 3.27. The molecule has 19 heavy (non-hydrogen) atoms. The van der Waals surface area contributed by atoms with E-state index in [1.807, 2.05) is 6.92 Å². The zero-order valence-electron chi connectivity index (χ0n) is 10.1. The van der Waals surface area contributed by atoms with Crippen molar-refractivity contribution in [3.8, 4) is 0 Å². The Morgan fingerprint density at radius 3 is 2.79 bits per heavy atom. The van der Waals surface area contributed by atoms with Gasteiger partial charge < -0.3 is 4.90 Å². The number of amides is 1. The second-order valence-electron chi connectivity index (χ2n) is 4.54. The molecule has 2 heterocycles. The summed E-state index contributed by atoms with van der Waals surface area (Å²) in [6.07, 6.45) is 0.0312. The molecule has 8 heteroatoms. The van der Waals surface area contributed by atoms with Crippen molar-refractivity contribution < 1.29 is 17.1 Å². The van der Waals surface area contributed by atoms with E-state index in [9.17, 15) is 17.1 Å². The SMILES string of the molecule is Cc1ccc(N2CC(CS(=O)(=O)F)CC2=O)c(Br)n1. The Morgan fingerprint density at radius 2 is 2.21 bits per heavy atom. The monoisotopic (exact) mass is 350 g/mol. The molecule has 0 spiro atoms. The maximum Gasteiger partial charge on any atom is 0.302 e. The van der Waals surface area contributed by atoms with E-state index < -0.39 is 21.9 Å². The number of rotatable bonds is 3. The normalized spacial score (nSPS) is 20.1. The van der Waals surface area contributed by atoms with Gasteiger partial charge in [0.25, 0.3) is 0 Å². The molecule has 0 N–H and O–H groups in total. The molecule has 1 aromatic rings. The van der Waals surface area contributed by atoms with Crippen LogP contribution in [0.25, 0.3) is 0 Å². The van der Waals surface area contributed by atoms with Crippen LogP contribution in [0.5, 0.6) is 0 Å². The third-order valence-electron chi connectivity index (χ3n) is 2.90. The first kappa shape index (κ1) is 14.4. The number of aryl methyl sites for hydroxylation is 1. The summed E-state index contributed by atoms with van der Waals surface area (Å²) in [7, 11) is -4.56. The van der Waals surface area contributed by atoms with Crippen molar-refractivity contribution in [2.75, 3.05) is 17.2 Å². The summed E-state index contributed by atoms with van der Waals surface area (Å²) in [4.78, 5) is 17.5. The molecule has 0 aromatic carbocycles. The Morgan fingerprint density at radius 1 is 1.53 bits per heavy atom. The highest BCUT2D eigenvalue weighted by Crippen LogP contribution is 2.31. The summed E-state index contributed by atoms with van der Waals surface area (Å²) in [5.41, 5.74) is 1.37. The Labute approximate surface area is 119 Å². The molecule has 5 nitrogen and oxygen atoms in total. The van der Waals surface area contributed by atoms with Gasteiger partial charge in [0.1, 0.15) is 4.60 Å². The van der Waals surface area contributed by atoms with Crippen LogP contribution in [0.4, 0.5) is 9.57 Å². The topological polar surface area (TPSA) is 67.3 Å². The van der Waals surface area contributed by atoms with Crippen molar-refractivity contribution in [2.45, 2.75) is 13.3 Å². The minimum absolute atomic E-state index is 0.0312. The zero-order valence-corrected chi connectivity index (χ0v) is 12.5. The van der Waals surface area contributed by atoms with E-state index in [4.69, 9.17) is 0 Å². The molecule has 0 bridgehead atoms. The molecular weight excluding hydrogens is 339 g/mol. The first-order chi connectivity index (χ1) is 8.76. The molecule has 104 valence electrons. The third-order valence-corrected chi connectivity index (χ3v) is 4.35. The molecular formula is C11H12BrFN2O3S. The highest BCUT2D eigenvalue weighted by molar-refractivity contribution is 9.10. The lowest BCUT2D eigenvalue weighted by Gasteiger charge is -2.17. The number of pyridine rings is 1. The zero-order chi connectivity index (χ0) is 14.2. The smallest absolute Gasteiger partial charge is 0.302 e. The molecule has 1 fully saturated rings. The van der Waals surface area contributed by atoms with Crippen molar-refractivity contribution >= 4 is 37.7 Å². The van der Waals surface area contributed by atoms with Crippen molar-refractivity contribution in [3.63, 3.8) is 0 Å². The van der Waals surface area contributed by atoms with Gasteiger partial charge in [-0.2, -0.15) is 8.42 Å². The van der Waals surface area contributed by atoms with E-state index in [0.29, 0.717) is 10.3 Å². The fourth-order valence-electron chi connectivity index (χ4n) is 2.13. The van der Waals surface area contributed by atoms with Crippen LogP contribution in [0.3, 0.4) is 0 Å². The number of hydrogen-bond donors (Lipinski definition) is 0. The molecule has 0 saturated carbocycles. The van der Waals surface area contributed by atoms with Crippen molar-refractivity contribution in [3.05, 3.63) is 22.4 Å². The lowest BCUT2D eigenvalue weighted by Crippen LogP contribution is -2.26. The van der Waals surface area contributed by atoms with Gasteiger partial charge in [0.05, 0.1) is 11.4 Å². The van der Waals surface area contributed by atoms with Gasteiger partial charge >= 0.3 is 10.2 Å². The molecule has 1 amide bonds. The summed E-state index contributed by atoms with van der Waals surface area (Å²) in [5.74, 6) is -1.36. The van der Waals surface area contributed by atoms with E-state index in [1.54, 1.807) is 12.1 Å². The molecule has 0 radical (unpaired) electrons. The quantitative estimate of drug-likeness (QED) is 0.615. The Kier molecular flexibility index (Phi) is 3.91. The summed E-state index contributed by atoms with van der Waals surface area (Å²) in [6.45, 7) is 2.00. The highest BCUT2D eigenvalue weighted by Gasteiger charge is 2.34. The lowest BCUT2D eigenvalue weighted by atomic mass is 10.1. The van der Waals surface area contributed by atoms with Crippen LogP contribution in [0, 0.1) is 12.8 Å². The molecule has 1 aromatic heterocycles. The van der Waals surface area contributed by atoms with Gasteiger partial charge in [-0.1, -0.05) is 0 Å². The number of anilines is 1. The van der Waals surface area contributed by atoms with Crippen LogP contribution in [0.15, 0.2) is 16.7 Å². The second-order valence-corrected chi connectivity index (χ2v) is 6.70. The number of carbonyl (C=O) groups excluding carboxylic acids is 1. The molecule has 1 aliphatic heterocycles. The maximum atomic E-state index is 12.7. The first-order valence-corrected chi connectivity index (χ1v) is 7.96. The van der Waals surface area contributed by atoms with Gasteiger partial charge in [0.15, 0.2) is 0 Å². The van der Waals surface area contributed by atoms with E-state index in [1.165, 1.54) is 4.90 Å². The number of carbonyl (C=O) groups is 1. The highest BCUT2D eigenvalue weighted by atomic mass is 79.9. The fraction of sp³-hybridized carbons (Fsp3) is 0.455. The largest absolute Gasteiger partial charge is 0.310 e. The maximum absolute atomic E-state index is 12.7. The molecule has 1 aliphatic rings. The predicted molar refractivity (Wildman–Crippen MR) is 72.0 cm³/mol.